The molecule has 0 bridgehead atoms. The van der Waals surface area contributed by atoms with Gasteiger partial charge in [-0.3, -0.25) is 0 Å². The fraction of sp³-hybridized carbons (Fsp3) is 0.133. The van der Waals surface area contributed by atoms with Crippen molar-refractivity contribution in [3.8, 4) is 16.9 Å². The van der Waals surface area contributed by atoms with Gasteiger partial charge in [-0.25, -0.2) is 4.79 Å². The molecule has 20 heavy (non-hydrogen) atoms. The molecule has 104 valence electrons. The van der Waals surface area contributed by atoms with Crippen LogP contribution in [0.15, 0.2) is 42.5 Å². The summed E-state index contributed by atoms with van der Waals surface area (Å²) >= 11 is 8.38. The van der Waals surface area contributed by atoms with Crippen LogP contribution in [0.2, 0.25) is 5.02 Å². The highest BCUT2D eigenvalue weighted by Gasteiger charge is 2.09. The third-order valence-electron chi connectivity index (χ3n) is 2.72. The minimum atomic E-state index is -0.968. The van der Waals surface area contributed by atoms with E-state index in [0.29, 0.717) is 17.2 Å². The molecular weight excluding hydrogens is 391 g/mol. The van der Waals surface area contributed by atoms with Gasteiger partial charge in [0, 0.05) is 15.0 Å². The Bertz CT molecular complexity index is 611. The third-order valence-corrected chi connectivity index (χ3v) is 3.49. The number of alkyl halides is 1. The standard InChI is InChI=1S/C15H12ClIO3/c16-14-6-3-11(15(18)19)9-13(14)10-1-4-12(5-2-10)20-8-7-17/h1-6,9H,7-8H2,(H,18,19). The third kappa shape index (κ3) is 3.64. The van der Waals surface area contributed by atoms with E-state index in [1.54, 1.807) is 12.1 Å². The van der Waals surface area contributed by atoms with Crippen molar-refractivity contribution in [2.75, 3.05) is 11.0 Å². The van der Waals surface area contributed by atoms with E-state index in [-0.39, 0.29) is 5.56 Å². The van der Waals surface area contributed by atoms with Crippen molar-refractivity contribution >= 4 is 40.2 Å². The number of carbonyl (C=O) groups is 1. The maximum absolute atomic E-state index is 11.0. The summed E-state index contributed by atoms with van der Waals surface area (Å²) in [4.78, 5) is 11.0. The molecule has 2 rings (SSSR count). The van der Waals surface area contributed by atoms with Gasteiger partial charge >= 0.3 is 5.97 Å². The second-order valence-corrected chi connectivity index (χ2v) is 5.55. The number of hydrogen-bond donors (Lipinski definition) is 1. The van der Waals surface area contributed by atoms with Crippen LogP contribution in [0.4, 0.5) is 0 Å². The molecule has 1 N–H and O–H groups in total. The zero-order valence-electron chi connectivity index (χ0n) is 10.5. The van der Waals surface area contributed by atoms with Crippen molar-refractivity contribution in [2.45, 2.75) is 0 Å². The number of carboxylic acids is 1. The summed E-state index contributed by atoms with van der Waals surface area (Å²) < 4.78 is 6.43. The van der Waals surface area contributed by atoms with Gasteiger partial charge in [0.25, 0.3) is 0 Å². The molecule has 0 saturated heterocycles. The molecule has 2 aromatic rings. The Morgan fingerprint density at radius 3 is 2.50 bits per heavy atom. The average molecular weight is 403 g/mol. The van der Waals surface area contributed by atoms with Crippen LogP contribution >= 0.6 is 34.2 Å². The Morgan fingerprint density at radius 1 is 1.20 bits per heavy atom. The summed E-state index contributed by atoms with van der Waals surface area (Å²) in [6.45, 7) is 0.662. The first-order chi connectivity index (χ1) is 9.61. The second kappa shape index (κ2) is 6.95. The lowest BCUT2D eigenvalue weighted by Gasteiger charge is -2.08. The minimum Gasteiger partial charge on any atom is -0.493 e. The Hall–Kier alpha value is -1.27. The van der Waals surface area contributed by atoms with Gasteiger partial charge in [0.15, 0.2) is 0 Å². The first-order valence-corrected chi connectivity index (χ1v) is 7.84. The van der Waals surface area contributed by atoms with Gasteiger partial charge in [-0.15, -0.1) is 0 Å². The van der Waals surface area contributed by atoms with E-state index in [9.17, 15) is 4.79 Å². The summed E-state index contributed by atoms with van der Waals surface area (Å²) in [7, 11) is 0. The maximum Gasteiger partial charge on any atom is 0.335 e. The van der Waals surface area contributed by atoms with Gasteiger partial charge in [0.1, 0.15) is 5.75 Å². The summed E-state index contributed by atoms with van der Waals surface area (Å²) in [5, 5.41) is 9.55. The highest BCUT2D eigenvalue weighted by Crippen LogP contribution is 2.30. The predicted molar refractivity (Wildman–Crippen MR) is 88.2 cm³/mol. The van der Waals surface area contributed by atoms with E-state index in [2.05, 4.69) is 22.6 Å². The molecule has 0 amide bonds. The number of aromatic carboxylic acids is 1. The van der Waals surface area contributed by atoms with E-state index in [0.717, 1.165) is 15.7 Å². The first-order valence-electron chi connectivity index (χ1n) is 5.94. The van der Waals surface area contributed by atoms with Gasteiger partial charge in [0.05, 0.1) is 12.2 Å². The molecule has 3 nitrogen and oxygen atoms in total. The van der Waals surface area contributed by atoms with Crippen LogP contribution in [0, 0.1) is 0 Å². The number of carboxylic acid groups (broad SMARTS) is 1. The molecule has 0 aliphatic heterocycles. The number of halogens is 2. The topological polar surface area (TPSA) is 46.5 Å². The largest absolute Gasteiger partial charge is 0.493 e. The van der Waals surface area contributed by atoms with E-state index in [1.807, 2.05) is 24.3 Å². The second-order valence-electron chi connectivity index (χ2n) is 4.06. The number of ether oxygens (including phenoxy) is 1. The van der Waals surface area contributed by atoms with E-state index >= 15 is 0 Å². The molecule has 5 heteroatoms. The average Bonchev–Trinajstić information content (AvgIpc) is 2.46. The van der Waals surface area contributed by atoms with Crippen molar-refractivity contribution in [3.05, 3.63) is 53.1 Å². The fourth-order valence-corrected chi connectivity index (χ4v) is 2.21. The first kappa shape index (κ1) is 15.1. The van der Waals surface area contributed by atoms with Gasteiger partial charge in [-0.1, -0.05) is 46.3 Å². The molecule has 0 aromatic heterocycles. The Labute approximate surface area is 135 Å². The molecule has 0 spiro atoms. The predicted octanol–water partition coefficient (Wildman–Crippen LogP) is 4.52. The van der Waals surface area contributed by atoms with Gasteiger partial charge < -0.3 is 9.84 Å². The molecule has 0 unspecified atom stereocenters. The molecule has 0 radical (unpaired) electrons. The molecule has 0 saturated carbocycles. The Morgan fingerprint density at radius 2 is 1.90 bits per heavy atom. The zero-order chi connectivity index (χ0) is 14.5. The Kier molecular flexibility index (Phi) is 5.25. The van der Waals surface area contributed by atoms with E-state index in [4.69, 9.17) is 21.4 Å². The maximum atomic E-state index is 11.0. The van der Waals surface area contributed by atoms with Crippen LogP contribution in [-0.2, 0) is 0 Å². The van der Waals surface area contributed by atoms with E-state index in [1.165, 1.54) is 6.07 Å². The van der Waals surface area contributed by atoms with Gasteiger partial charge in [0.2, 0.25) is 0 Å². The van der Waals surface area contributed by atoms with Crippen LogP contribution in [0.3, 0.4) is 0 Å². The molecular formula is C15H12ClIO3. The molecule has 0 aliphatic rings. The smallest absolute Gasteiger partial charge is 0.335 e. The highest BCUT2D eigenvalue weighted by atomic mass is 127. The van der Waals surface area contributed by atoms with Gasteiger partial charge in [-0.05, 0) is 35.9 Å². The SMILES string of the molecule is O=C(O)c1ccc(Cl)c(-c2ccc(OCCI)cc2)c1. The van der Waals surface area contributed by atoms with Crippen LogP contribution < -0.4 is 4.74 Å². The van der Waals surface area contributed by atoms with Crippen LogP contribution in [-0.4, -0.2) is 22.1 Å². The quantitative estimate of drug-likeness (QED) is 0.591. The number of rotatable bonds is 5. The summed E-state index contributed by atoms with van der Waals surface area (Å²) in [6, 6.07) is 12.1. The van der Waals surface area contributed by atoms with E-state index < -0.39 is 5.97 Å². The van der Waals surface area contributed by atoms with Crippen molar-refractivity contribution in [2.24, 2.45) is 0 Å². The summed E-state index contributed by atoms with van der Waals surface area (Å²) in [5.41, 5.74) is 1.78. The van der Waals surface area contributed by atoms with Gasteiger partial charge in [-0.2, -0.15) is 0 Å². The Balaban J connectivity index is 2.31. The summed E-state index contributed by atoms with van der Waals surface area (Å²) in [5.74, 6) is -0.180. The van der Waals surface area contributed by atoms with Crippen molar-refractivity contribution in [1.82, 2.24) is 0 Å². The lowest BCUT2D eigenvalue weighted by Crippen LogP contribution is -1.98. The molecule has 0 fully saturated rings. The number of benzene rings is 2. The molecule has 2 aromatic carbocycles. The highest BCUT2D eigenvalue weighted by molar-refractivity contribution is 14.1. The van der Waals surface area contributed by atoms with Crippen molar-refractivity contribution in [3.63, 3.8) is 0 Å². The zero-order valence-corrected chi connectivity index (χ0v) is 13.4. The molecule has 0 aliphatic carbocycles. The normalized spacial score (nSPS) is 10.3. The lowest BCUT2D eigenvalue weighted by molar-refractivity contribution is 0.0697. The monoisotopic (exact) mass is 402 g/mol. The van der Waals surface area contributed by atoms with Crippen molar-refractivity contribution < 1.29 is 14.6 Å². The molecule has 0 heterocycles. The molecule has 0 atom stereocenters. The minimum absolute atomic E-state index is 0.217. The number of hydrogen-bond acceptors (Lipinski definition) is 2. The van der Waals surface area contributed by atoms with Crippen LogP contribution in [0.25, 0.3) is 11.1 Å². The lowest BCUT2D eigenvalue weighted by atomic mass is 10.0. The summed E-state index contributed by atoms with van der Waals surface area (Å²) in [6.07, 6.45) is 0. The fourth-order valence-electron chi connectivity index (χ4n) is 1.77. The van der Waals surface area contributed by atoms with Crippen LogP contribution in [0.5, 0.6) is 5.75 Å². The van der Waals surface area contributed by atoms with Crippen LogP contribution in [0.1, 0.15) is 10.4 Å². The van der Waals surface area contributed by atoms with Crippen molar-refractivity contribution in [1.29, 1.82) is 0 Å².